The van der Waals surface area contributed by atoms with Crippen molar-refractivity contribution in [3.63, 3.8) is 0 Å². The van der Waals surface area contributed by atoms with Crippen molar-refractivity contribution in [3.8, 4) is 17.1 Å². The topological polar surface area (TPSA) is 76.4 Å². The highest BCUT2D eigenvalue weighted by Gasteiger charge is 2.16. The standard InChI is InChI=1S/C17H12ClN3O3/c18-11-3-1-10(2-4-11)15-8-19-17(24-15)20-12-5-6-14-13(7-12)21-16(22)9-23-14/h1-8H,9H2,(H,19,20)(H,21,22). The van der Waals surface area contributed by atoms with Gasteiger partial charge < -0.3 is 19.8 Å². The van der Waals surface area contributed by atoms with Gasteiger partial charge in [-0.2, -0.15) is 0 Å². The second kappa shape index (κ2) is 5.90. The van der Waals surface area contributed by atoms with Crippen LogP contribution in [0, 0.1) is 0 Å². The molecule has 4 rings (SSSR count). The first kappa shape index (κ1) is 14.6. The molecule has 0 saturated carbocycles. The smallest absolute Gasteiger partial charge is 0.299 e. The number of carbonyl (C=O) groups is 1. The van der Waals surface area contributed by atoms with Crippen LogP contribution in [-0.2, 0) is 4.79 Å². The fraction of sp³-hybridized carbons (Fsp3) is 0.0588. The SMILES string of the molecule is O=C1COc2ccc(Nc3ncc(-c4ccc(Cl)cc4)o3)cc2N1. The van der Waals surface area contributed by atoms with Crippen LogP contribution in [0.4, 0.5) is 17.4 Å². The summed E-state index contributed by atoms with van der Waals surface area (Å²) in [4.78, 5) is 15.6. The van der Waals surface area contributed by atoms with Gasteiger partial charge in [0, 0.05) is 16.3 Å². The molecule has 120 valence electrons. The van der Waals surface area contributed by atoms with Crippen molar-refractivity contribution >= 4 is 34.9 Å². The van der Waals surface area contributed by atoms with Crippen molar-refractivity contribution in [1.29, 1.82) is 0 Å². The Balaban J connectivity index is 1.55. The van der Waals surface area contributed by atoms with Crippen LogP contribution < -0.4 is 15.4 Å². The Bertz CT molecular complexity index is 906. The van der Waals surface area contributed by atoms with E-state index in [0.717, 1.165) is 11.3 Å². The molecule has 2 heterocycles. The van der Waals surface area contributed by atoms with Gasteiger partial charge in [-0.15, -0.1) is 0 Å². The molecule has 0 bridgehead atoms. The van der Waals surface area contributed by atoms with Gasteiger partial charge >= 0.3 is 0 Å². The molecular formula is C17H12ClN3O3. The molecule has 0 saturated heterocycles. The number of benzene rings is 2. The Kier molecular flexibility index (Phi) is 3.59. The Morgan fingerprint density at radius 2 is 2.00 bits per heavy atom. The molecular weight excluding hydrogens is 330 g/mol. The Morgan fingerprint density at radius 3 is 2.83 bits per heavy atom. The molecule has 0 radical (unpaired) electrons. The molecule has 7 heteroatoms. The fourth-order valence-corrected chi connectivity index (χ4v) is 2.49. The number of rotatable bonds is 3. The van der Waals surface area contributed by atoms with Gasteiger partial charge in [0.15, 0.2) is 12.4 Å². The molecule has 2 aromatic carbocycles. The Hall–Kier alpha value is -2.99. The predicted octanol–water partition coefficient (Wildman–Crippen LogP) is 4.07. The van der Waals surface area contributed by atoms with Crippen molar-refractivity contribution in [2.24, 2.45) is 0 Å². The zero-order chi connectivity index (χ0) is 16.5. The maximum absolute atomic E-state index is 11.4. The Labute approximate surface area is 142 Å². The maximum atomic E-state index is 11.4. The fourth-order valence-electron chi connectivity index (χ4n) is 2.36. The number of anilines is 3. The van der Waals surface area contributed by atoms with Gasteiger partial charge in [0.25, 0.3) is 11.9 Å². The molecule has 1 aromatic heterocycles. The molecule has 1 amide bonds. The molecule has 2 N–H and O–H groups in total. The van der Waals surface area contributed by atoms with E-state index in [2.05, 4.69) is 15.6 Å². The highest BCUT2D eigenvalue weighted by molar-refractivity contribution is 6.30. The number of oxazole rings is 1. The average Bonchev–Trinajstić information content (AvgIpc) is 3.03. The third-order valence-corrected chi connectivity index (χ3v) is 3.75. The number of nitrogens with zero attached hydrogens (tertiary/aromatic N) is 1. The van der Waals surface area contributed by atoms with E-state index in [1.165, 1.54) is 0 Å². The number of hydrogen-bond donors (Lipinski definition) is 2. The molecule has 0 fully saturated rings. The number of ether oxygens (including phenoxy) is 1. The summed E-state index contributed by atoms with van der Waals surface area (Å²) in [5, 5.41) is 6.48. The summed E-state index contributed by atoms with van der Waals surface area (Å²) in [6.07, 6.45) is 1.63. The second-order valence-corrected chi connectivity index (χ2v) is 5.65. The number of hydrogen-bond acceptors (Lipinski definition) is 5. The molecule has 1 aliphatic heterocycles. The van der Waals surface area contributed by atoms with E-state index in [0.29, 0.717) is 28.2 Å². The monoisotopic (exact) mass is 341 g/mol. The van der Waals surface area contributed by atoms with Gasteiger partial charge in [-0.05, 0) is 42.5 Å². The number of aromatic nitrogens is 1. The van der Waals surface area contributed by atoms with Crippen LogP contribution in [0.5, 0.6) is 5.75 Å². The maximum Gasteiger partial charge on any atom is 0.299 e. The van der Waals surface area contributed by atoms with Crippen LogP contribution in [0.2, 0.25) is 5.02 Å². The first-order valence-corrected chi connectivity index (χ1v) is 7.61. The van der Waals surface area contributed by atoms with Crippen LogP contribution >= 0.6 is 11.6 Å². The molecule has 6 nitrogen and oxygen atoms in total. The minimum Gasteiger partial charge on any atom is -0.482 e. The molecule has 24 heavy (non-hydrogen) atoms. The van der Waals surface area contributed by atoms with Gasteiger partial charge in [0.1, 0.15) is 5.75 Å². The third kappa shape index (κ3) is 2.91. The summed E-state index contributed by atoms with van der Waals surface area (Å²) >= 11 is 5.88. The number of fused-ring (bicyclic) bond motifs is 1. The van der Waals surface area contributed by atoms with E-state index in [-0.39, 0.29) is 12.5 Å². The molecule has 0 spiro atoms. The van der Waals surface area contributed by atoms with E-state index in [9.17, 15) is 4.79 Å². The van der Waals surface area contributed by atoms with Crippen LogP contribution in [0.3, 0.4) is 0 Å². The quantitative estimate of drug-likeness (QED) is 0.751. The van der Waals surface area contributed by atoms with E-state index >= 15 is 0 Å². The van der Waals surface area contributed by atoms with Crippen LogP contribution in [-0.4, -0.2) is 17.5 Å². The van der Waals surface area contributed by atoms with E-state index in [1.54, 1.807) is 30.5 Å². The van der Waals surface area contributed by atoms with E-state index in [1.807, 2.05) is 18.2 Å². The Morgan fingerprint density at radius 1 is 1.17 bits per heavy atom. The summed E-state index contributed by atoms with van der Waals surface area (Å²) in [7, 11) is 0. The summed E-state index contributed by atoms with van der Waals surface area (Å²) in [5.41, 5.74) is 2.22. The normalized spacial score (nSPS) is 13.0. The average molecular weight is 342 g/mol. The molecule has 0 aliphatic carbocycles. The highest BCUT2D eigenvalue weighted by atomic mass is 35.5. The minimum atomic E-state index is -0.180. The van der Waals surface area contributed by atoms with Gasteiger partial charge in [-0.25, -0.2) is 4.98 Å². The largest absolute Gasteiger partial charge is 0.482 e. The summed E-state index contributed by atoms with van der Waals surface area (Å²) in [6, 6.07) is 13.0. The van der Waals surface area contributed by atoms with Crippen molar-refractivity contribution in [2.45, 2.75) is 0 Å². The zero-order valence-electron chi connectivity index (χ0n) is 12.4. The molecule has 0 atom stereocenters. The molecule has 1 aliphatic rings. The number of carbonyl (C=O) groups excluding carboxylic acids is 1. The lowest BCUT2D eigenvalue weighted by atomic mass is 10.2. The predicted molar refractivity (Wildman–Crippen MR) is 90.8 cm³/mol. The van der Waals surface area contributed by atoms with Crippen molar-refractivity contribution in [1.82, 2.24) is 4.98 Å². The van der Waals surface area contributed by atoms with Crippen LogP contribution in [0.15, 0.2) is 53.1 Å². The van der Waals surface area contributed by atoms with Crippen LogP contribution in [0.1, 0.15) is 0 Å². The minimum absolute atomic E-state index is 0.0317. The van der Waals surface area contributed by atoms with Gasteiger partial charge in [0.05, 0.1) is 11.9 Å². The summed E-state index contributed by atoms with van der Waals surface area (Å²) in [5.74, 6) is 1.08. The van der Waals surface area contributed by atoms with Crippen molar-refractivity contribution in [3.05, 3.63) is 53.7 Å². The second-order valence-electron chi connectivity index (χ2n) is 5.21. The third-order valence-electron chi connectivity index (χ3n) is 3.50. The van der Waals surface area contributed by atoms with Gasteiger partial charge in [-0.1, -0.05) is 11.6 Å². The van der Waals surface area contributed by atoms with Gasteiger partial charge in [0.2, 0.25) is 0 Å². The summed E-state index contributed by atoms with van der Waals surface area (Å²) in [6.45, 7) is 0.0317. The molecule has 3 aromatic rings. The lowest BCUT2D eigenvalue weighted by molar-refractivity contribution is -0.118. The lowest BCUT2D eigenvalue weighted by Crippen LogP contribution is -2.25. The first-order chi connectivity index (χ1) is 11.7. The summed E-state index contributed by atoms with van der Waals surface area (Å²) < 4.78 is 11.0. The number of amides is 1. The lowest BCUT2D eigenvalue weighted by Gasteiger charge is -2.18. The zero-order valence-corrected chi connectivity index (χ0v) is 13.1. The van der Waals surface area contributed by atoms with Gasteiger partial charge in [-0.3, -0.25) is 4.79 Å². The number of halogens is 1. The molecule has 0 unspecified atom stereocenters. The van der Waals surface area contributed by atoms with Crippen molar-refractivity contribution in [2.75, 3.05) is 17.2 Å². The number of nitrogens with one attached hydrogen (secondary N) is 2. The highest BCUT2D eigenvalue weighted by Crippen LogP contribution is 2.32. The first-order valence-electron chi connectivity index (χ1n) is 7.23. The van der Waals surface area contributed by atoms with E-state index < -0.39 is 0 Å². The van der Waals surface area contributed by atoms with Crippen LogP contribution in [0.25, 0.3) is 11.3 Å². The van der Waals surface area contributed by atoms with E-state index in [4.69, 9.17) is 20.8 Å². The van der Waals surface area contributed by atoms with Crippen molar-refractivity contribution < 1.29 is 13.9 Å².